The molecule has 158 valence electrons. The number of benzene rings is 1. The third kappa shape index (κ3) is 4.72. The number of aryl methyl sites for hydroxylation is 3. The van der Waals surface area contributed by atoms with Gasteiger partial charge >= 0.3 is 0 Å². The van der Waals surface area contributed by atoms with Gasteiger partial charge in [-0.2, -0.15) is 0 Å². The van der Waals surface area contributed by atoms with Crippen LogP contribution in [0.3, 0.4) is 0 Å². The zero-order valence-corrected chi connectivity index (χ0v) is 18.0. The second-order valence-corrected chi connectivity index (χ2v) is 8.97. The number of nitrogens with zero attached hydrogens (tertiary/aromatic N) is 2. The van der Waals surface area contributed by atoms with Gasteiger partial charge in [-0.15, -0.1) is 0 Å². The summed E-state index contributed by atoms with van der Waals surface area (Å²) in [4.78, 5) is 31.7. The molecule has 4 rings (SSSR count). The molecular formula is C25H31N3O2. The van der Waals surface area contributed by atoms with Crippen molar-refractivity contribution in [1.29, 1.82) is 0 Å². The standard InChI is InChI=1S/C25H31N3O2/c1-18-6-8-20(9-7-18)10-11-23(29)28-14-12-25(13-15-28)16-22(25)24(30)26-17-21-5-3-4-19(2)27-21/h3-9,22H,10-17H2,1-2H3,(H,26,30)/t22-/m0/s1. The first-order chi connectivity index (χ1) is 14.4. The molecule has 1 saturated carbocycles. The van der Waals surface area contributed by atoms with Crippen molar-refractivity contribution in [2.45, 2.75) is 52.5 Å². The number of likely N-dealkylation sites (tertiary alicyclic amines) is 1. The van der Waals surface area contributed by atoms with Gasteiger partial charge in [0.1, 0.15) is 0 Å². The average Bonchev–Trinajstić information content (AvgIpc) is 3.45. The van der Waals surface area contributed by atoms with Crippen LogP contribution in [0.5, 0.6) is 0 Å². The Morgan fingerprint density at radius 3 is 2.53 bits per heavy atom. The molecule has 1 aliphatic heterocycles. The summed E-state index contributed by atoms with van der Waals surface area (Å²) in [7, 11) is 0. The zero-order chi connectivity index (χ0) is 21.1. The fourth-order valence-corrected chi connectivity index (χ4v) is 4.64. The van der Waals surface area contributed by atoms with Crippen molar-refractivity contribution in [3.63, 3.8) is 0 Å². The van der Waals surface area contributed by atoms with Crippen molar-refractivity contribution in [2.24, 2.45) is 11.3 Å². The summed E-state index contributed by atoms with van der Waals surface area (Å²) < 4.78 is 0. The minimum absolute atomic E-state index is 0.0899. The van der Waals surface area contributed by atoms with E-state index in [1.807, 2.05) is 30.0 Å². The van der Waals surface area contributed by atoms with E-state index >= 15 is 0 Å². The molecule has 1 atom stereocenters. The Morgan fingerprint density at radius 1 is 1.10 bits per heavy atom. The summed E-state index contributed by atoms with van der Waals surface area (Å²) in [5, 5.41) is 3.05. The number of rotatable bonds is 6. The summed E-state index contributed by atoms with van der Waals surface area (Å²) in [5.41, 5.74) is 4.42. The average molecular weight is 406 g/mol. The van der Waals surface area contributed by atoms with Crippen LogP contribution in [0, 0.1) is 25.2 Å². The number of hydrogen-bond acceptors (Lipinski definition) is 3. The lowest BCUT2D eigenvalue weighted by Crippen LogP contribution is -2.40. The van der Waals surface area contributed by atoms with E-state index in [9.17, 15) is 9.59 Å². The molecule has 2 heterocycles. The van der Waals surface area contributed by atoms with Gasteiger partial charge in [-0.1, -0.05) is 35.9 Å². The molecule has 2 aromatic rings. The Balaban J connectivity index is 1.21. The maximum atomic E-state index is 12.6. The summed E-state index contributed by atoms with van der Waals surface area (Å²) in [6.07, 6.45) is 4.17. The number of pyridine rings is 1. The lowest BCUT2D eigenvalue weighted by atomic mass is 9.90. The molecule has 1 aliphatic carbocycles. The minimum atomic E-state index is 0.0899. The number of amides is 2. The van der Waals surface area contributed by atoms with Gasteiger partial charge in [-0.05, 0) is 62.6 Å². The Hall–Kier alpha value is -2.69. The second-order valence-electron chi connectivity index (χ2n) is 8.97. The quantitative estimate of drug-likeness (QED) is 0.799. The highest BCUT2D eigenvalue weighted by Crippen LogP contribution is 2.59. The van der Waals surface area contributed by atoms with Crippen LogP contribution < -0.4 is 5.32 Å². The van der Waals surface area contributed by atoms with E-state index in [2.05, 4.69) is 41.5 Å². The second kappa shape index (κ2) is 8.58. The Morgan fingerprint density at radius 2 is 1.83 bits per heavy atom. The van der Waals surface area contributed by atoms with Crippen molar-refractivity contribution in [3.8, 4) is 0 Å². The predicted molar refractivity (Wildman–Crippen MR) is 117 cm³/mol. The van der Waals surface area contributed by atoms with Crippen LogP contribution in [-0.4, -0.2) is 34.8 Å². The number of piperidine rings is 1. The molecule has 1 aromatic carbocycles. The number of nitrogens with one attached hydrogen (secondary N) is 1. The number of hydrogen-bond donors (Lipinski definition) is 1. The number of carbonyl (C=O) groups excluding carboxylic acids is 2. The molecule has 1 N–H and O–H groups in total. The number of carbonyl (C=O) groups is 2. The molecule has 0 radical (unpaired) electrons. The van der Waals surface area contributed by atoms with Gasteiger partial charge in [0.25, 0.3) is 0 Å². The van der Waals surface area contributed by atoms with E-state index < -0.39 is 0 Å². The van der Waals surface area contributed by atoms with Crippen LogP contribution in [0.15, 0.2) is 42.5 Å². The van der Waals surface area contributed by atoms with Crippen LogP contribution in [0.4, 0.5) is 0 Å². The van der Waals surface area contributed by atoms with Crippen molar-refractivity contribution >= 4 is 11.8 Å². The van der Waals surface area contributed by atoms with E-state index in [1.165, 1.54) is 11.1 Å². The Labute approximate surface area is 178 Å². The topological polar surface area (TPSA) is 62.3 Å². The van der Waals surface area contributed by atoms with Crippen molar-refractivity contribution < 1.29 is 9.59 Å². The van der Waals surface area contributed by atoms with E-state index in [1.54, 1.807) is 0 Å². The van der Waals surface area contributed by atoms with Gasteiger partial charge in [-0.3, -0.25) is 14.6 Å². The SMILES string of the molecule is Cc1ccc(CCC(=O)N2CCC3(CC2)C[C@H]3C(=O)NCc2cccc(C)n2)cc1. The molecule has 2 amide bonds. The van der Waals surface area contributed by atoms with E-state index in [4.69, 9.17) is 0 Å². The van der Waals surface area contributed by atoms with E-state index in [0.29, 0.717) is 13.0 Å². The van der Waals surface area contributed by atoms with E-state index in [0.717, 1.165) is 50.2 Å². The molecule has 0 bridgehead atoms. The molecule has 0 unspecified atom stereocenters. The Bertz CT molecular complexity index is 914. The largest absolute Gasteiger partial charge is 0.350 e. The molecule has 5 heteroatoms. The fraction of sp³-hybridized carbons (Fsp3) is 0.480. The van der Waals surface area contributed by atoms with Crippen molar-refractivity contribution in [3.05, 3.63) is 65.0 Å². The minimum Gasteiger partial charge on any atom is -0.350 e. The molecule has 30 heavy (non-hydrogen) atoms. The summed E-state index contributed by atoms with van der Waals surface area (Å²) >= 11 is 0. The molecule has 5 nitrogen and oxygen atoms in total. The molecular weight excluding hydrogens is 374 g/mol. The van der Waals surface area contributed by atoms with Crippen LogP contribution in [0.2, 0.25) is 0 Å². The molecule has 2 aliphatic rings. The lowest BCUT2D eigenvalue weighted by Gasteiger charge is -2.33. The molecule has 1 spiro atoms. The maximum absolute atomic E-state index is 12.6. The van der Waals surface area contributed by atoms with Gasteiger partial charge in [0.2, 0.25) is 11.8 Å². The van der Waals surface area contributed by atoms with Crippen molar-refractivity contribution in [2.75, 3.05) is 13.1 Å². The predicted octanol–water partition coefficient (Wildman–Crippen LogP) is 3.58. The van der Waals surface area contributed by atoms with Crippen LogP contribution in [0.1, 0.15) is 48.2 Å². The van der Waals surface area contributed by atoms with Gasteiger partial charge < -0.3 is 10.2 Å². The zero-order valence-electron chi connectivity index (χ0n) is 18.0. The van der Waals surface area contributed by atoms with Gasteiger partial charge in [-0.25, -0.2) is 0 Å². The first-order valence-corrected chi connectivity index (χ1v) is 11.0. The highest BCUT2D eigenvalue weighted by atomic mass is 16.2. The normalized spacial score (nSPS) is 19.5. The third-order valence-electron chi connectivity index (χ3n) is 6.76. The van der Waals surface area contributed by atoms with Gasteiger partial charge in [0.05, 0.1) is 12.2 Å². The summed E-state index contributed by atoms with van der Waals surface area (Å²) in [5.74, 6) is 0.460. The van der Waals surface area contributed by atoms with Gasteiger partial charge in [0, 0.05) is 31.1 Å². The molecule has 1 saturated heterocycles. The maximum Gasteiger partial charge on any atom is 0.224 e. The summed E-state index contributed by atoms with van der Waals surface area (Å²) in [6, 6.07) is 14.3. The lowest BCUT2D eigenvalue weighted by molar-refractivity contribution is -0.132. The van der Waals surface area contributed by atoms with E-state index in [-0.39, 0.29) is 23.1 Å². The highest BCUT2D eigenvalue weighted by Gasteiger charge is 2.58. The smallest absolute Gasteiger partial charge is 0.224 e. The van der Waals surface area contributed by atoms with Crippen LogP contribution >= 0.6 is 0 Å². The molecule has 1 aromatic heterocycles. The molecule has 2 fully saturated rings. The van der Waals surface area contributed by atoms with Crippen LogP contribution in [-0.2, 0) is 22.6 Å². The number of aromatic nitrogens is 1. The Kier molecular flexibility index (Phi) is 5.89. The highest BCUT2D eigenvalue weighted by molar-refractivity contribution is 5.83. The monoisotopic (exact) mass is 405 g/mol. The van der Waals surface area contributed by atoms with Crippen molar-refractivity contribution in [1.82, 2.24) is 15.2 Å². The first-order valence-electron chi connectivity index (χ1n) is 11.0. The third-order valence-corrected chi connectivity index (χ3v) is 6.76. The fourth-order valence-electron chi connectivity index (χ4n) is 4.64. The van der Waals surface area contributed by atoms with Crippen LogP contribution in [0.25, 0.3) is 0 Å². The summed E-state index contributed by atoms with van der Waals surface area (Å²) in [6.45, 7) is 6.06. The first kappa shape index (κ1) is 20.6. The van der Waals surface area contributed by atoms with Gasteiger partial charge in [0.15, 0.2) is 0 Å².